The zero-order valence-corrected chi connectivity index (χ0v) is 15.4. The summed E-state index contributed by atoms with van der Waals surface area (Å²) in [7, 11) is 1.52. The van der Waals surface area contributed by atoms with Crippen molar-refractivity contribution in [2.45, 2.75) is 18.6 Å². The van der Waals surface area contributed by atoms with Crippen LogP contribution in [-0.4, -0.2) is 55.4 Å². The number of nitrogens with zero attached hydrogens (tertiary/aromatic N) is 1. The third kappa shape index (κ3) is 4.71. The summed E-state index contributed by atoms with van der Waals surface area (Å²) in [6.45, 7) is 1.22. The summed E-state index contributed by atoms with van der Waals surface area (Å²) in [5.41, 5.74) is 3.17. The Hall–Kier alpha value is -2.28. The van der Waals surface area contributed by atoms with E-state index in [0.717, 1.165) is 17.5 Å². The molecule has 2 unspecified atom stereocenters. The molecule has 0 saturated heterocycles. The summed E-state index contributed by atoms with van der Waals surface area (Å²) in [5.74, 6) is -0.349. The highest BCUT2D eigenvalue weighted by Gasteiger charge is 2.31. The molecule has 2 N–H and O–H groups in total. The molecule has 1 amide bonds. The van der Waals surface area contributed by atoms with E-state index in [1.54, 1.807) is 12.1 Å². The van der Waals surface area contributed by atoms with Gasteiger partial charge in [0.05, 0.1) is 25.3 Å². The van der Waals surface area contributed by atoms with E-state index in [9.17, 15) is 14.3 Å². The first-order valence-corrected chi connectivity index (χ1v) is 9.10. The van der Waals surface area contributed by atoms with Crippen molar-refractivity contribution in [3.8, 4) is 0 Å². The standard InChI is InChI=1S/C21H25FN2O3/c1-27-14-18(25)12-23-13-20(26)24-11-10-15-4-2-3-5-19(15)21(24)16-6-8-17(22)9-7-16/h2-9,18,21,23,25H,10-14H2,1H3. The van der Waals surface area contributed by atoms with Gasteiger partial charge in [0.2, 0.25) is 5.91 Å². The van der Waals surface area contributed by atoms with Crippen LogP contribution in [0, 0.1) is 5.82 Å². The topological polar surface area (TPSA) is 61.8 Å². The third-order valence-electron chi connectivity index (χ3n) is 4.80. The molecule has 0 fully saturated rings. The van der Waals surface area contributed by atoms with Crippen LogP contribution < -0.4 is 5.32 Å². The van der Waals surface area contributed by atoms with Crippen molar-refractivity contribution in [3.63, 3.8) is 0 Å². The summed E-state index contributed by atoms with van der Waals surface area (Å²) in [4.78, 5) is 14.7. The van der Waals surface area contributed by atoms with Gasteiger partial charge in [-0.05, 0) is 35.2 Å². The number of ether oxygens (including phenoxy) is 1. The fourth-order valence-electron chi connectivity index (χ4n) is 3.54. The van der Waals surface area contributed by atoms with E-state index in [2.05, 4.69) is 11.4 Å². The highest BCUT2D eigenvalue weighted by molar-refractivity contribution is 5.79. The van der Waals surface area contributed by atoms with E-state index in [1.165, 1.54) is 24.8 Å². The molecule has 0 aromatic heterocycles. The minimum absolute atomic E-state index is 0.0524. The van der Waals surface area contributed by atoms with Crippen LogP contribution in [-0.2, 0) is 16.0 Å². The number of nitrogens with one attached hydrogen (secondary N) is 1. The van der Waals surface area contributed by atoms with Crippen molar-refractivity contribution in [2.75, 3.05) is 33.4 Å². The molecule has 2 aromatic rings. The van der Waals surface area contributed by atoms with Crippen LogP contribution >= 0.6 is 0 Å². The molecule has 1 aliphatic rings. The number of hydrogen-bond donors (Lipinski definition) is 2. The van der Waals surface area contributed by atoms with Gasteiger partial charge in [0.1, 0.15) is 5.82 Å². The number of hydrogen-bond acceptors (Lipinski definition) is 4. The maximum atomic E-state index is 13.4. The third-order valence-corrected chi connectivity index (χ3v) is 4.80. The van der Waals surface area contributed by atoms with Crippen molar-refractivity contribution >= 4 is 5.91 Å². The van der Waals surface area contributed by atoms with Gasteiger partial charge in [-0.15, -0.1) is 0 Å². The Morgan fingerprint density at radius 3 is 2.78 bits per heavy atom. The highest BCUT2D eigenvalue weighted by atomic mass is 19.1. The van der Waals surface area contributed by atoms with E-state index in [0.29, 0.717) is 6.54 Å². The normalized spacial score (nSPS) is 17.4. The highest BCUT2D eigenvalue weighted by Crippen LogP contribution is 2.35. The van der Waals surface area contributed by atoms with Crippen molar-refractivity contribution in [2.24, 2.45) is 0 Å². The smallest absolute Gasteiger partial charge is 0.237 e. The van der Waals surface area contributed by atoms with Crippen molar-refractivity contribution in [3.05, 3.63) is 71.0 Å². The number of rotatable bonds is 7. The number of fused-ring (bicyclic) bond motifs is 1. The van der Waals surface area contributed by atoms with Gasteiger partial charge < -0.3 is 20.1 Å². The summed E-state index contributed by atoms with van der Waals surface area (Å²) >= 11 is 0. The Kier molecular flexibility index (Phi) is 6.55. The number of amides is 1. The molecule has 2 aromatic carbocycles. The average molecular weight is 372 g/mol. The zero-order valence-electron chi connectivity index (χ0n) is 15.4. The van der Waals surface area contributed by atoms with Gasteiger partial charge >= 0.3 is 0 Å². The van der Waals surface area contributed by atoms with Gasteiger partial charge in [-0.1, -0.05) is 36.4 Å². The number of halogens is 1. The lowest BCUT2D eigenvalue weighted by atomic mass is 9.88. The number of aliphatic hydroxyl groups excluding tert-OH is 1. The first-order chi connectivity index (χ1) is 13.1. The molecule has 1 aliphatic heterocycles. The van der Waals surface area contributed by atoms with E-state index >= 15 is 0 Å². The van der Waals surface area contributed by atoms with E-state index in [-0.39, 0.29) is 37.5 Å². The molecule has 0 radical (unpaired) electrons. The quantitative estimate of drug-likeness (QED) is 0.779. The van der Waals surface area contributed by atoms with E-state index < -0.39 is 6.10 Å². The van der Waals surface area contributed by atoms with Crippen LogP contribution in [0.5, 0.6) is 0 Å². The lowest BCUT2D eigenvalue weighted by Crippen LogP contribution is -2.45. The molecule has 3 rings (SSSR count). The molecule has 5 nitrogen and oxygen atoms in total. The average Bonchev–Trinajstić information content (AvgIpc) is 2.68. The van der Waals surface area contributed by atoms with Crippen LogP contribution in [0.2, 0.25) is 0 Å². The minimum Gasteiger partial charge on any atom is -0.389 e. The van der Waals surface area contributed by atoms with Gasteiger partial charge in [-0.3, -0.25) is 4.79 Å². The summed E-state index contributed by atoms with van der Waals surface area (Å²) < 4.78 is 18.3. The Morgan fingerprint density at radius 2 is 2.04 bits per heavy atom. The Bertz CT molecular complexity index is 766. The van der Waals surface area contributed by atoms with Crippen molar-refractivity contribution < 1.29 is 19.0 Å². The van der Waals surface area contributed by atoms with E-state index in [1.807, 2.05) is 23.1 Å². The molecule has 144 valence electrons. The van der Waals surface area contributed by atoms with Crippen LogP contribution in [0.3, 0.4) is 0 Å². The molecule has 0 aliphatic carbocycles. The van der Waals surface area contributed by atoms with Gasteiger partial charge in [0.15, 0.2) is 0 Å². The van der Waals surface area contributed by atoms with E-state index in [4.69, 9.17) is 4.74 Å². The summed E-state index contributed by atoms with van der Waals surface area (Å²) in [6.07, 6.45) is 0.129. The lowest BCUT2D eigenvalue weighted by Gasteiger charge is -2.38. The molecule has 6 heteroatoms. The molecular formula is C21H25FN2O3. The Balaban J connectivity index is 1.78. The first kappa shape index (κ1) is 19.5. The SMILES string of the molecule is COCC(O)CNCC(=O)N1CCc2ccccc2C1c1ccc(F)cc1. The van der Waals surface area contributed by atoms with Crippen molar-refractivity contribution in [1.82, 2.24) is 10.2 Å². The molecule has 0 bridgehead atoms. The van der Waals surface area contributed by atoms with Gasteiger partial charge in [-0.25, -0.2) is 4.39 Å². The number of carbonyl (C=O) groups is 1. The number of carbonyl (C=O) groups excluding carboxylic acids is 1. The van der Waals surface area contributed by atoms with Crippen LogP contribution in [0.4, 0.5) is 4.39 Å². The first-order valence-electron chi connectivity index (χ1n) is 9.10. The molecule has 0 saturated carbocycles. The molecule has 1 heterocycles. The number of benzene rings is 2. The Labute approximate surface area is 158 Å². The lowest BCUT2D eigenvalue weighted by molar-refractivity contribution is -0.132. The maximum absolute atomic E-state index is 13.4. The number of aliphatic hydroxyl groups is 1. The predicted octanol–water partition coefficient (Wildman–Crippen LogP) is 1.90. The summed E-state index contributed by atoms with van der Waals surface area (Å²) in [6, 6.07) is 14.1. The largest absolute Gasteiger partial charge is 0.389 e. The van der Waals surface area contributed by atoms with Crippen LogP contribution in [0.25, 0.3) is 0 Å². The fraction of sp³-hybridized carbons (Fsp3) is 0.381. The fourth-order valence-corrected chi connectivity index (χ4v) is 3.54. The van der Waals surface area contributed by atoms with Crippen LogP contribution in [0.15, 0.2) is 48.5 Å². The second kappa shape index (κ2) is 9.08. The minimum atomic E-state index is -0.655. The second-order valence-corrected chi connectivity index (χ2v) is 6.73. The zero-order chi connectivity index (χ0) is 19.2. The molecule has 2 atom stereocenters. The molecular weight excluding hydrogens is 347 g/mol. The van der Waals surface area contributed by atoms with Gasteiger partial charge in [0, 0.05) is 20.2 Å². The number of methoxy groups -OCH3 is 1. The van der Waals surface area contributed by atoms with Crippen LogP contribution in [0.1, 0.15) is 22.7 Å². The monoisotopic (exact) mass is 372 g/mol. The second-order valence-electron chi connectivity index (χ2n) is 6.73. The van der Waals surface area contributed by atoms with Crippen molar-refractivity contribution in [1.29, 1.82) is 0 Å². The van der Waals surface area contributed by atoms with Gasteiger partial charge in [0.25, 0.3) is 0 Å². The van der Waals surface area contributed by atoms with Gasteiger partial charge in [-0.2, -0.15) is 0 Å². The predicted molar refractivity (Wildman–Crippen MR) is 101 cm³/mol. The summed E-state index contributed by atoms with van der Waals surface area (Å²) in [5, 5.41) is 12.7. The Morgan fingerprint density at radius 1 is 1.30 bits per heavy atom. The molecule has 27 heavy (non-hydrogen) atoms. The maximum Gasteiger partial charge on any atom is 0.237 e. The molecule has 0 spiro atoms.